The van der Waals surface area contributed by atoms with E-state index in [1.54, 1.807) is 13.0 Å². The van der Waals surface area contributed by atoms with Gasteiger partial charge in [-0.15, -0.1) is 0 Å². The van der Waals surface area contributed by atoms with Crippen LogP contribution in [-0.4, -0.2) is 35.9 Å². The van der Waals surface area contributed by atoms with E-state index in [1.165, 1.54) is 42.8 Å². The van der Waals surface area contributed by atoms with Crippen LogP contribution in [0, 0.1) is 0 Å². The first kappa shape index (κ1) is 17.2. The summed E-state index contributed by atoms with van der Waals surface area (Å²) < 4.78 is 5.87. The van der Waals surface area contributed by atoms with E-state index in [9.17, 15) is 9.59 Å². The van der Waals surface area contributed by atoms with Gasteiger partial charge < -0.3 is 9.64 Å². The Balaban J connectivity index is 1.86. The molecular weight excluding hydrogens is 318 g/mol. The van der Waals surface area contributed by atoms with Crippen LogP contribution < -0.4 is 10.5 Å². The highest BCUT2D eigenvalue weighted by Gasteiger charge is 2.18. The van der Waals surface area contributed by atoms with Gasteiger partial charge in [0.1, 0.15) is 0 Å². The van der Waals surface area contributed by atoms with E-state index >= 15 is 0 Å². The van der Waals surface area contributed by atoms with Crippen LogP contribution >= 0.6 is 0 Å². The summed E-state index contributed by atoms with van der Waals surface area (Å²) in [7, 11) is 1.30. The Bertz CT molecular complexity index is 792. The summed E-state index contributed by atoms with van der Waals surface area (Å²) in [5, 5.41) is 4.34. The average Bonchev–Trinajstić information content (AvgIpc) is 2.68. The molecule has 6 heteroatoms. The fourth-order valence-corrected chi connectivity index (χ4v) is 3.12. The minimum atomic E-state index is -0.759. The molecule has 0 N–H and O–H groups in total. The molecule has 1 aliphatic heterocycles. The van der Waals surface area contributed by atoms with Crippen molar-refractivity contribution < 1.29 is 9.53 Å². The van der Waals surface area contributed by atoms with E-state index in [2.05, 4.69) is 22.1 Å². The predicted octanol–water partition coefficient (Wildman–Crippen LogP) is 2.63. The van der Waals surface area contributed by atoms with E-state index in [-0.39, 0.29) is 5.56 Å². The summed E-state index contributed by atoms with van der Waals surface area (Å²) >= 11 is 0. The number of nitrogens with zero attached hydrogens (tertiary/aromatic N) is 3. The maximum atomic E-state index is 12.0. The monoisotopic (exact) mass is 341 g/mol. The maximum absolute atomic E-state index is 12.0. The Morgan fingerprint density at radius 1 is 1.08 bits per heavy atom. The van der Waals surface area contributed by atoms with Gasteiger partial charge in [-0.05, 0) is 44.4 Å². The Morgan fingerprint density at radius 2 is 1.76 bits per heavy atom. The molecule has 1 unspecified atom stereocenters. The van der Waals surface area contributed by atoms with Crippen molar-refractivity contribution in [1.82, 2.24) is 9.78 Å². The maximum Gasteiger partial charge on any atom is 0.330 e. The highest BCUT2D eigenvalue weighted by atomic mass is 16.5. The van der Waals surface area contributed by atoms with Crippen molar-refractivity contribution in [3.63, 3.8) is 0 Å². The molecule has 0 saturated carbocycles. The molecule has 0 aliphatic carbocycles. The second-order valence-electron chi connectivity index (χ2n) is 6.30. The molecule has 1 fully saturated rings. The van der Waals surface area contributed by atoms with Crippen molar-refractivity contribution in [2.75, 3.05) is 25.1 Å². The van der Waals surface area contributed by atoms with Gasteiger partial charge in [-0.1, -0.05) is 12.1 Å². The van der Waals surface area contributed by atoms with Gasteiger partial charge in [0.25, 0.3) is 5.56 Å². The zero-order valence-electron chi connectivity index (χ0n) is 14.6. The highest BCUT2D eigenvalue weighted by molar-refractivity contribution is 5.73. The molecule has 1 aromatic carbocycles. The zero-order valence-corrected chi connectivity index (χ0v) is 14.6. The Morgan fingerprint density at radius 3 is 2.40 bits per heavy atom. The van der Waals surface area contributed by atoms with Crippen molar-refractivity contribution in [2.45, 2.75) is 32.2 Å². The van der Waals surface area contributed by atoms with Gasteiger partial charge in [-0.25, -0.2) is 9.48 Å². The van der Waals surface area contributed by atoms with E-state index < -0.39 is 12.0 Å². The summed E-state index contributed by atoms with van der Waals surface area (Å²) in [5.74, 6) is -0.493. The van der Waals surface area contributed by atoms with Crippen LogP contribution in [0.4, 0.5) is 5.69 Å². The summed E-state index contributed by atoms with van der Waals surface area (Å²) in [5.41, 5.74) is 2.44. The molecule has 0 amide bonds. The highest BCUT2D eigenvalue weighted by Crippen LogP contribution is 2.24. The van der Waals surface area contributed by atoms with Crippen molar-refractivity contribution >= 4 is 11.7 Å². The van der Waals surface area contributed by atoms with E-state index in [0.717, 1.165) is 18.7 Å². The summed E-state index contributed by atoms with van der Waals surface area (Å²) in [6.07, 6.45) is 3.78. The molecule has 2 aromatic rings. The molecule has 0 radical (unpaired) electrons. The first-order valence-electron chi connectivity index (χ1n) is 8.63. The number of hydrogen-bond acceptors (Lipinski definition) is 5. The van der Waals surface area contributed by atoms with Crippen LogP contribution in [0.1, 0.15) is 32.2 Å². The van der Waals surface area contributed by atoms with Gasteiger partial charge in [0.15, 0.2) is 6.04 Å². The lowest BCUT2D eigenvalue weighted by Gasteiger charge is -2.28. The first-order chi connectivity index (χ1) is 12.1. The first-order valence-corrected chi connectivity index (χ1v) is 8.63. The molecule has 25 heavy (non-hydrogen) atoms. The Kier molecular flexibility index (Phi) is 5.16. The number of carbonyl (C=O) groups is 1. The molecule has 0 spiro atoms. The van der Waals surface area contributed by atoms with Crippen molar-refractivity contribution in [1.29, 1.82) is 0 Å². The molecular formula is C19H23N3O3. The fourth-order valence-electron chi connectivity index (χ4n) is 3.12. The molecule has 132 valence electrons. The van der Waals surface area contributed by atoms with Gasteiger partial charge in [0.2, 0.25) is 0 Å². The van der Waals surface area contributed by atoms with E-state index in [4.69, 9.17) is 4.74 Å². The van der Waals surface area contributed by atoms with Gasteiger partial charge in [0.05, 0.1) is 12.8 Å². The smallest absolute Gasteiger partial charge is 0.330 e. The number of anilines is 1. The third-order valence-corrected chi connectivity index (χ3v) is 4.62. The van der Waals surface area contributed by atoms with Crippen LogP contribution in [0.25, 0.3) is 11.3 Å². The second kappa shape index (κ2) is 7.51. The SMILES string of the molecule is COC(=O)C(C)n1nc(-c2ccc(N3CCCCC3)cc2)ccc1=O. The molecule has 1 saturated heterocycles. The molecule has 2 heterocycles. The number of piperidine rings is 1. The molecule has 1 aromatic heterocycles. The summed E-state index contributed by atoms with van der Waals surface area (Å²) in [6, 6.07) is 10.5. The predicted molar refractivity (Wildman–Crippen MR) is 96.7 cm³/mol. The van der Waals surface area contributed by atoms with Crippen molar-refractivity contribution in [3.05, 3.63) is 46.8 Å². The third kappa shape index (κ3) is 3.73. The van der Waals surface area contributed by atoms with Crippen LogP contribution in [-0.2, 0) is 9.53 Å². The number of carbonyl (C=O) groups excluding carboxylic acids is 1. The van der Waals surface area contributed by atoms with Crippen LogP contribution in [0.5, 0.6) is 0 Å². The zero-order chi connectivity index (χ0) is 17.8. The van der Waals surface area contributed by atoms with Crippen molar-refractivity contribution in [2.24, 2.45) is 0 Å². The second-order valence-corrected chi connectivity index (χ2v) is 6.30. The number of esters is 1. The van der Waals surface area contributed by atoms with Crippen molar-refractivity contribution in [3.8, 4) is 11.3 Å². The number of methoxy groups -OCH3 is 1. The molecule has 3 rings (SSSR count). The fraction of sp³-hybridized carbons (Fsp3) is 0.421. The molecule has 1 atom stereocenters. The van der Waals surface area contributed by atoms with Gasteiger partial charge in [-0.3, -0.25) is 4.79 Å². The molecule has 0 bridgehead atoms. The molecule has 1 aliphatic rings. The lowest BCUT2D eigenvalue weighted by molar-refractivity contribution is -0.144. The van der Waals surface area contributed by atoms with E-state index in [1.807, 2.05) is 12.1 Å². The Hall–Kier alpha value is -2.63. The topological polar surface area (TPSA) is 64.4 Å². The van der Waals surface area contributed by atoms with Gasteiger partial charge in [-0.2, -0.15) is 5.10 Å². The number of aromatic nitrogens is 2. The summed E-state index contributed by atoms with van der Waals surface area (Å²) in [6.45, 7) is 3.79. The number of benzene rings is 1. The quantitative estimate of drug-likeness (QED) is 0.800. The average molecular weight is 341 g/mol. The number of rotatable bonds is 4. The van der Waals surface area contributed by atoms with Gasteiger partial charge >= 0.3 is 5.97 Å². The van der Waals surface area contributed by atoms with Crippen LogP contribution in [0.15, 0.2) is 41.2 Å². The van der Waals surface area contributed by atoms with Gasteiger partial charge in [0, 0.05) is 30.4 Å². The minimum Gasteiger partial charge on any atom is -0.467 e. The van der Waals surface area contributed by atoms with Crippen LogP contribution in [0.2, 0.25) is 0 Å². The Labute approximate surface area is 147 Å². The third-order valence-electron chi connectivity index (χ3n) is 4.62. The van der Waals surface area contributed by atoms with E-state index in [0.29, 0.717) is 5.69 Å². The normalized spacial score (nSPS) is 15.7. The standard InChI is InChI=1S/C19H23N3O3/c1-14(19(24)25-2)22-18(23)11-10-17(20-22)15-6-8-16(9-7-15)21-12-4-3-5-13-21/h6-11,14H,3-5,12-13H2,1-2H3. The number of hydrogen-bond donors (Lipinski definition) is 0. The largest absolute Gasteiger partial charge is 0.467 e. The lowest BCUT2D eigenvalue weighted by atomic mass is 10.1. The molecule has 6 nitrogen and oxygen atoms in total. The lowest BCUT2D eigenvalue weighted by Crippen LogP contribution is -2.30. The minimum absolute atomic E-state index is 0.327. The van der Waals surface area contributed by atoms with Crippen LogP contribution in [0.3, 0.4) is 0 Å². The number of ether oxygens (including phenoxy) is 1. The summed E-state index contributed by atoms with van der Waals surface area (Å²) in [4.78, 5) is 26.1.